The third kappa shape index (κ3) is 6.19. The fourth-order valence-corrected chi connectivity index (χ4v) is 6.27. The fraction of sp³-hybridized carbons (Fsp3) is 0.419. The molecule has 2 fully saturated rings. The SMILES string of the molecule is CC(C)(O)CN1CCC(Oc2ccc(-c3n[nH]c4ccc(C(=O)NC(c5ccsc5)C5CC5)cc34)cc2)CC1. The number of benzene rings is 2. The van der Waals surface area contributed by atoms with Gasteiger partial charge in [-0.05, 0) is 110 Å². The molecular formula is C31H36N4O3S. The summed E-state index contributed by atoms with van der Waals surface area (Å²) in [6, 6.07) is 16.0. The van der Waals surface area contributed by atoms with Crippen LogP contribution >= 0.6 is 11.3 Å². The van der Waals surface area contributed by atoms with Crippen LogP contribution in [0.3, 0.4) is 0 Å². The Balaban J connectivity index is 1.13. The average molecular weight is 545 g/mol. The summed E-state index contributed by atoms with van der Waals surface area (Å²) in [7, 11) is 0. The Morgan fingerprint density at radius 2 is 1.92 bits per heavy atom. The molecule has 1 atom stereocenters. The summed E-state index contributed by atoms with van der Waals surface area (Å²) in [6.45, 7) is 6.25. The molecule has 1 aliphatic heterocycles. The van der Waals surface area contributed by atoms with Gasteiger partial charge in [-0.3, -0.25) is 9.89 Å². The van der Waals surface area contributed by atoms with Gasteiger partial charge in [-0.25, -0.2) is 0 Å². The summed E-state index contributed by atoms with van der Waals surface area (Å²) in [6.07, 6.45) is 4.38. The molecule has 0 radical (unpaired) electrons. The number of aliphatic hydroxyl groups is 1. The van der Waals surface area contributed by atoms with Gasteiger partial charge in [0, 0.05) is 36.1 Å². The summed E-state index contributed by atoms with van der Waals surface area (Å²) in [4.78, 5) is 15.5. The van der Waals surface area contributed by atoms with E-state index in [1.54, 1.807) is 11.3 Å². The summed E-state index contributed by atoms with van der Waals surface area (Å²) in [5, 5.41) is 26.2. The van der Waals surface area contributed by atoms with Gasteiger partial charge >= 0.3 is 0 Å². The van der Waals surface area contributed by atoms with Crippen LogP contribution in [-0.4, -0.2) is 57.5 Å². The lowest BCUT2D eigenvalue weighted by molar-refractivity contribution is 0.0140. The Hall–Kier alpha value is -3.20. The Morgan fingerprint density at radius 3 is 2.59 bits per heavy atom. The first-order valence-corrected chi connectivity index (χ1v) is 14.8. The summed E-state index contributed by atoms with van der Waals surface area (Å²) < 4.78 is 6.27. The lowest BCUT2D eigenvalue weighted by Crippen LogP contribution is -2.45. The number of piperidine rings is 1. The van der Waals surface area contributed by atoms with Crippen molar-refractivity contribution in [3.05, 3.63) is 70.4 Å². The van der Waals surface area contributed by atoms with Crippen molar-refractivity contribution in [1.29, 1.82) is 0 Å². The lowest BCUT2D eigenvalue weighted by Gasteiger charge is -2.35. The Morgan fingerprint density at radius 1 is 1.15 bits per heavy atom. The Labute approximate surface area is 233 Å². The molecule has 1 unspecified atom stereocenters. The molecule has 0 bridgehead atoms. The average Bonchev–Trinajstić information content (AvgIpc) is 3.43. The second-order valence-corrected chi connectivity index (χ2v) is 12.4. The van der Waals surface area contributed by atoms with Gasteiger partial charge in [-0.1, -0.05) is 0 Å². The lowest BCUT2D eigenvalue weighted by atomic mass is 10.0. The molecule has 2 aromatic heterocycles. The molecule has 1 amide bonds. The number of nitrogens with zero attached hydrogens (tertiary/aromatic N) is 2. The van der Waals surface area contributed by atoms with Gasteiger partial charge in [0.15, 0.2) is 0 Å². The van der Waals surface area contributed by atoms with Gasteiger partial charge in [-0.15, -0.1) is 0 Å². The minimum atomic E-state index is -0.673. The largest absolute Gasteiger partial charge is 0.490 e. The predicted octanol–water partition coefficient (Wildman–Crippen LogP) is 5.79. The van der Waals surface area contributed by atoms with E-state index < -0.39 is 5.60 Å². The highest BCUT2D eigenvalue weighted by Crippen LogP contribution is 2.41. The van der Waals surface area contributed by atoms with Crippen LogP contribution in [0.1, 0.15) is 61.5 Å². The normalized spacial score (nSPS) is 17.8. The van der Waals surface area contributed by atoms with Crippen molar-refractivity contribution in [1.82, 2.24) is 20.4 Å². The van der Waals surface area contributed by atoms with Crippen molar-refractivity contribution in [2.45, 2.75) is 57.3 Å². The number of carbonyl (C=O) groups is 1. The van der Waals surface area contributed by atoms with Crippen LogP contribution in [0.5, 0.6) is 5.75 Å². The monoisotopic (exact) mass is 544 g/mol. The van der Waals surface area contributed by atoms with Crippen LogP contribution in [0.4, 0.5) is 0 Å². The van der Waals surface area contributed by atoms with E-state index in [9.17, 15) is 9.90 Å². The molecule has 8 heteroatoms. The van der Waals surface area contributed by atoms with Crippen molar-refractivity contribution < 1.29 is 14.6 Å². The highest BCUT2D eigenvalue weighted by molar-refractivity contribution is 7.08. The van der Waals surface area contributed by atoms with Crippen molar-refractivity contribution in [3.8, 4) is 17.0 Å². The van der Waals surface area contributed by atoms with Gasteiger partial charge in [0.25, 0.3) is 5.91 Å². The molecule has 3 heterocycles. The zero-order valence-electron chi connectivity index (χ0n) is 22.5. The molecule has 1 aliphatic carbocycles. The molecule has 0 spiro atoms. The zero-order valence-corrected chi connectivity index (χ0v) is 23.3. The van der Waals surface area contributed by atoms with Gasteiger partial charge in [0.1, 0.15) is 11.9 Å². The van der Waals surface area contributed by atoms with E-state index in [2.05, 4.69) is 37.2 Å². The Kier molecular flexibility index (Phi) is 7.18. The van der Waals surface area contributed by atoms with Crippen LogP contribution in [0.25, 0.3) is 22.2 Å². The summed E-state index contributed by atoms with van der Waals surface area (Å²) in [5.41, 5.74) is 3.86. The number of ether oxygens (including phenoxy) is 1. The first kappa shape index (κ1) is 26.0. The van der Waals surface area contributed by atoms with Crippen LogP contribution in [-0.2, 0) is 0 Å². The number of hydrogen-bond acceptors (Lipinski definition) is 6. The van der Waals surface area contributed by atoms with Crippen molar-refractivity contribution >= 4 is 28.1 Å². The molecule has 3 N–H and O–H groups in total. The van der Waals surface area contributed by atoms with E-state index in [-0.39, 0.29) is 18.1 Å². The van der Waals surface area contributed by atoms with Crippen LogP contribution in [0, 0.1) is 5.92 Å². The fourth-order valence-electron chi connectivity index (χ4n) is 5.57. The number of aromatic nitrogens is 2. The van der Waals surface area contributed by atoms with E-state index >= 15 is 0 Å². The maximum absolute atomic E-state index is 13.2. The number of hydrogen-bond donors (Lipinski definition) is 3. The van der Waals surface area contributed by atoms with Crippen molar-refractivity contribution in [2.75, 3.05) is 19.6 Å². The maximum atomic E-state index is 13.2. The van der Waals surface area contributed by atoms with Gasteiger partial charge < -0.3 is 20.1 Å². The molecule has 1 saturated carbocycles. The molecule has 4 aromatic rings. The standard InChI is InChI=1S/C31H36N4O3S/c1-31(2,37)19-35-14-11-25(12-15-35)38-24-8-5-21(6-9-24)29-26-17-22(7-10-27(26)33-34-29)30(36)32-28(20-3-4-20)23-13-16-39-18-23/h5-10,13,16-18,20,25,28,37H,3-4,11-12,14-15,19H2,1-2H3,(H,32,36)(H,33,34). The van der Waals surface area contributed by atoms with E-state index in [4.69, 9.17) is 4.74 Å². The second kappa shape index (κ2) is 10.8. The number of amides is 1. The smallest absolute Gasteiger partial charge is 0.251 e. The van der Waals surface area contributed by atoms with E-state index in [0.717, 1.165) is 66.7 Å². The first-order valence-electron chi connectivity index (χ1n) is 13.9. The summed E-state index contributed by atoms with van der Waals surface area (Å²) in [5.74, 6) is 1.32. The highest BCUT2D eigenvalue weighted by atomic mass is 32.1. The molecule has 2 aliphatic rings. The minimum absolute atomic E-state index is 0.0514. The van der Waals surface area contributed by atoms with Gasteiger partial charge in [0.2, 0.25) is 0 Å². The Bertz CT molecular complexity index is 1410. The minimum Gasteiger partial charge on any atom is -0.490 e. The number of thiophene rings is 1. The molecule has 39 heavy (non-hydrogen) atoms. The summed E-state index contributed by atoms with van der Waals surface area (Å²) >= 11 is 1.67. The van der Waals surface area contributed by atoms with Crippen molar-refractivity contribution in [3.63, 3.8) is 0 Å². The molecule has 204 valence electrons. The number of likely N-dealkylation sites (tertiary alicyclic amines) is 1. The van der Waals surface area contributed by atoms with Gasteiger partial charge in [-0.2, -0.15) is 16.4 Å². The predicted molar refractivity (Wildman–Crippen MR) is 155 cm³/mol. The quantitative estimate of drug-likeness (QED) is 0.248. The third-order valence-corrected chi connectivity index (χ3v) is 8.38. The molecule has 7 nitrogen and oxygen atoms in total. The van der Waals surface area contributed by atoms with E-state index in [0.29, 0.717) is 18.0 Å². The molecule has 1 saturated heterocycles. The zero-order chi connectivity index (χ0) is 27.0. The number of β-amino-alcohol motifs (C(OH)–C–C–N with tert-alkyl or cyclic N) is 1. The highest BCUT2D eigenvalue weighted by Gasteiger charge is 2.34. The van der Waals surface area contributed by atoms with Crippen LogP contribution < -0.4 is 10.1 Å². The van der Waals surface area contributed by atoms with Crippen LogP contribution in [0.2, 0.25) is 0 Å². The third-order valence-electron chi connectivity index (χ3n) is 7.68. The number of nitrogens with one attached hydrogen (secondary N) is 2. The van der Waals surface area contributed by atoms with Gasteiger partial charge in [0.05, 0.1) is 22.9 Å². The number of rotatable bonds is 9. The molecular weight excluding hydrogens is 508 g/mol. The van der Waals surface area contributed by atoms with Crippen molar-refractivity contribution in [2.24, 2.45) is 5.92 Å². The first-order chi connectivity index (χ1) is 18.8. The van der Waals surface area contributed by atoms with E-state index in [1.165, 1.54) is 5.56 Å². The second-order valence-electron chi connectivity index (χ2n) is 11.6. The van der Waals surface area contributed by atoms with Crippen LogP contribution in [0.15, 0.2) is 59.3 Å². The molecule has 6 rings (SSSR count). The molecule has 2 aromatic carbocycles. The number of H-pyrrole nitrogens is 1. The number of carbonyl (C=O) groups excluding carboxylic acids is 1. The number of fused-ring (bicyclic) bond motifs is 1. The number of aromatic amines is 1. The van der Waals surface area contributed by atoms with E-state index in [1.807, 2.05) is 56.3 Å². The maximum Gasteiger partial charge on any atom is 0.251 e. The topological polar surface area (TPSA) is 90.5 Å².